The van der Waals surface area contributed by atoms with Crippen LogP contribution in [0.3, 0.4) is 0 Å². The van der Waals surface area contributed by atoms with Crippen LogP contribution in [-0.2, 0) is 0 Å². The zero-order valence-electron chi connectivity index (χ0n) is 18.7. The van der Waals surface area contributed by atoms with Crippen molar-refractivity contribution in [3.63, 3.8) is 0 Å². The number of hydrogen-bond acceptors (Lipinski definition) is 3. The topological polar surface area (TPSA) is 60.7 Å². The summed E-state index contributed by atoms with van der Waals surface area (Å²) in [4.78, 5) is 12.0. The Morgan fingerprint density at radius 1 is 0.750 bits per heavy atom. The van der Waals surface area contributed by atoms with Crippen LogP contribution in [0.25, 0.3) is 27.7 Å². The molecule has 0 saturated heterocycles. The Morgan fingerprint density at radius 2 is 1.28 bits per heavy atom. The number of nitrogens with zero attached hydrogens (tertiary/aromatic N) is 1. The van der Waals surface area contributed by atoms with Gasteiger partial charge in [-0.2, -0.15) is 0 Å². The lowest BCUT2D eigenvalue weighted by Crippen LogP contribution is -2.07. The highest BCUT2D eigenvalue weighted by molar-refractivity contribution is 5.97. The number of aromatic nitrogens is 1. The Balaban J connectivity index is 1.73. The summed E-state index contributed by atoms with van der Waals surface area (Å²) in [5.74, 6) is 0.610. The van der Waals surface area contributed by atoms with Crippen LogP contribution in [0.2, 0.25) is 0 Å². The van der Waals surface area contributed by atoms with Crippen LogP contribution in [0.15, 0.2) is 72.8 Å². The summed E-state index contributed by atoms with van der Waals surface area (Å²) >= 11 is 0. The predicted molar refractivity (Wildman–Crippen MR) is 127 cm³/mol. The maximum Gasteiger partial charge on any atom is 0.352 e. The van der Waals surface area contributed by atoms with E-state index in [4.69, 9.17) is 9.47 Å². The van der Waals surface area contributed by atoms with Crippen LogP contribution in [0.1, 0.15) is 38.2 Å². The van der Waals surface area contributed by atoms with Crippen LogP contribution >= 0.6 is 0 Å². The summed E-state index contributed by atoms with van der Waals surface area (Å²) in [6.07, 6.45) is 0.199. The third-order valence-electron chi connectivity index (χ3n) is 5.05. The first-order valence-electron chi connectivity index (χ1n) is 10.7. The molecule has 3 aromatic carbocycles. The van der Waals surface area contributed by atoms with Crippen molar-refractivity contribution in [3.8, 4) is 28.3 Å². The van der Waals surface area contributed by atoms with Crippen molar-refractivity contribution in [2.45, 2.75) is 39.9 Å². The van der Waals surface area contributed by atoms with E-state index >= 15 is 0 Å². The summed E-state index contributed by atoms with van der Waals surface area (Å²) in [5.41, 5.74) is 3.89. The van der Waals surface area contributed by atoms with Crippen LogP contribution in [0, 0.1) is 0 Å². The molecular formula is C27H27NO4. The highest BCUT2D eigenvalue weighted by atomic mass is 16.5. The van der Waals surface area contributed by atoms with E-state index in [9.17, 15) is 9.90 Å². The molecule has 1 aromatic heterocycles. The second-order valence-corrected chi connectivity index (χ2v) is 8.30. The van der Waals surface area contributed by atoms with Gasteiger partial charge in [0.2, 0.25) is 0 Å². The lowest BCUT2D eigenvalue weighted by atomic mass is 10.0. The van der Waals surface area contributed by atoms with E-state index in [2.05, 4.69) is 0 Å². The van der Waals surface area contributed by atoms with E-state index in [0.717, 1.165) is 39.2 Å². The Morgan fingerprint density at radius 3 is 1.81 bits per heavy atom. The SMILES string of the molecule is CC(C)Oc1ccc(-c2ccc3c(c2)cc(C(=O)O)n3-c2ccc(OC(C)C)cc2)cc1. The first-order valence-corrected chi connectivity index (χ1v) is 10.7. The fraction of sp³-hybridized carbons (Fsp3) is 0.222. The van der Waals surface area contributed by atoms with Crippen LogP contribution in [-0.4, -0.2) is 27.9 Å². The quantitative estimate of drug-likeness (QED) is 0.361. The number of hydrogen-bond donors (Lipinski definition) is 1. The molecule has 0 atom stereocenters. The lowest BCUT2D eigenvalue weighted by molar-refractivity contribution is 0.0688. The summed E-state index contributed by atoms with van der Waals surface area (Å²) in [6.45, 7) is 7.94. The van der Waals surface area contributed by atoms with Crippen molar-refractivity contribution >= 4 is 16.9 Å². The fourth-order valence-electron chi connectivity index (χ4n) is 3.77. The van der Waals surface area contributed by atoms with Gasteiger partial charge in [0.1, 0.15) is 17.2 Å². The first-order chi connectivity index (χ1) is 15.3. The molecule has 0 spiro atoms. The molecule has 5 heteroatoms. The van der Waals surface area contributed by atoms with Crippen molar-refractivity contribution in [2.24, 2.45) is 0 Å². The molecule has 0 amide bonds. The maximum atomic E-state index is 12.0. The van der Waals surface area contributed by atoms with Crippen molar-refractivity contribution in [1.29, 1.82) is 0 Å². The molecule has 32 heavy (non-hydrogen) atoms. The molecule has 0 radical (unpaired) electrons. The van der Waals surface area contributed by atoms with Crippen molar-refractivity contribution in [2.75, 3.05) is 0 Å². The predicted octanol–water partition coefficient (Wildman–Crippen LogP) is 6.57. The number of carboxylic acids is 1. The summed E-state index contributed by atoms with van der Waals surface area (Å²) < 4.78 is 13.2. The average Bonchev–Trinajstić information content (AvgIpc) is 3.13. The van der Waals surface area contributed by atoms with E-state index in [1.807, 2.05) is 94.4 Å². The largest absolute Gasteiger partial charge is 0.491 e. The normalized spacial score (nSPS) is 11.3. The van der Waals surface area contributed by atoms with E-state index in [0.29, 0.717) is 0 Å². The fourth-order valence-corrected chi connectivity index (χ4v) is 3.77. The van der Waals surface area contributed by atoms with Gasteiger partial charge < -0.3 is 19.1 Å². The van der Waals surface area contributed by atoms with E-state index in [1.165, 1.54) is 0 Å². The second kappa shape index (κ2) is 8.79. The van der Waals surface area contributed by atoms with Crippen molar-refractivity contribution < 1.29 is 19.4 Å². The molecule has 1 N–H and O–H groups in total. The van der Waals surface area contributed by atoms with E-state index in [-0.39, 0.29) is 17.9 Å². The lowest BCUT2D eigenvalue weighted by Gasteiger charge is -2.12. The molecule has 0 bridgehead atoms. The molecule has 5 nitrogen and oxygen atoms in total. The van der Waals surface area contributed by atoms with Gasteiger partial charge in [0.05, 0.1) is 17.7 Å². The number of fused-ring (bicyclic) bond motifs is 1. The number of ether oxygens (including phenoxy) is 2. The zero-order valence-corrected chi connectivity index (χ0v) is 18.7. The monoisotopic (exact) mass is 429 g/mol. The molecule has 1 heterocycles. The Hall–Kier alpha value is -3.73. The number of rotatable bonds is 7. The van der Waals surface area contributed by atoms with Crippen LogP contribution in [0.5, 0.6) is 11.5 Å². The van der Waals surface area contributed by atoms with Gasteiger partial charge in [-0.15, -0.1) is 0 Å². The molecule has 0 aliphatic carbocycles. The number of benzene rings is 3. The molecule has 164 valence electrons. The third-order valence-corrected chi connectivity index (χ3v) is 5.05. The van der Waals surface area contributed by atoms with Gasteiger partial charge in [0.25, 0.3) is 0 Å². The van der Waals surface area contributed by atoms with Gasteiger partial charge in [0, 0.05) is 11.1 Å². The molecule has 0 unspecified atom stereocenters. The van der Waals surface area contributed by atoms with Gasteiger partial charge in [-0.05, 0) is 93.4 Å². The third kappa shape index (κ3) is 4.47. The molecule has 0 saturated carbocycles. The maximum absolute atomic E-state index is 12.0. The van der Waals surface area contributed by atoms with Crippen molar-refractivity contribution in [1.82, 2.24) is 4.57 Å². The van der Waals surface area contributed by atoms with E-state index in [1.54, 1.807) is 10.6 Å². The van der Waals surface area contributed by atoms with Gasteiger partial charge in [-0.3, -0.25) is 0 Å². The van der Waals surface area contributed by atoms with Gasteiger partial charge in [0.15, 0.2) is 0 Å². The Labute approximate surface area is 187 Å². The minimum Gasteiger partial charge on any atom is -0.491 e. The highest BCUT2D eigenvalue weighted by Gasteiger charge is 2.17. The summed E-state index contributed by atoms with van der Waals surface area (Å²) in [5, 5.41) is 10.7. The first kappa shape index (κ1) is 21.5. The van der Waals surface area contributed by atoms with Gasteiger partial charge in [-0.1, -0.05) is 18.2 Å². The highest BCUT2D eigenvalue weighted by Crippen LogP contribution is 2.31. The van der Waals surface area contributed by atoms with Crippen LogP contribution in [0.4, 0.5) is 0 Å². The van der Waals surface area contributed by atoms with Gasteiger partial charge >= 0.3 is 5.97 Å². The number of carboxylic acid groups (broad SMARTS) is 1. The molecule has 4 aromatic rings. The average molecular weight is 430 g/mol. The molecule has 0 aliphatic rings. The number of aromatic carboxylic acids is 1. The minimum atomic E-state index is -0.972. The summed E-state index contributed by atoms with van der Waals surface area (Å²) in [6, 6.07) is 23.1. The standard InChI is InChI=1S/C27H27NO4/c1-17(2)31-23-10-5-19(6-11-23)20-7-14-25-21(15-20)16-26(27(29)30)28(25)22-8-12-24(13-9-22)32-18(3)4/h5-18H,1-4H3,(H,29,30). The zero-order chi connectivity index (χ0) is 22.8. The van der Waals surface area contributed by atoms with Crippen LogP contribution < -0.4 is 9.47 Å². The number of carbonyl (C=O) groups is 1. The molecule has 4 rings (SSSR count). The smallest absolute Gasteiger partial charge is 0.352 e. The molecule has 0 fully saturated rings. The summed E-state index contributed by atoms with van der Waals surface area (Å²) in [7, 11) is 0. The molecule has 0 aliphatic heterocycles. The second-order valence-electron chi connectivity index (χ2n) is 8.30. The minimum absolute atomic E-state index is 0.0762. The van der Waals surface area contributed by atoms with E-state index < -0.39 is 5.97 Å². The Kier molecular flexibility index (Phi) is 5.91. The van der Waals surface area contributed by atoms with Crippen molar-refractivity contribution in [3.05, 3.63) is 78.5 Å². The molecular weight excluding hydrogens is 402 g/mol. The van der Waals surface area contributed by atoms with Gasteiger partial charge in [-0.25, -0.2) is 4.79 Å². The Bertz CT molecular complexity index is 1240.